The zero-order valence-corrected chi connectivity index (χ0v) is 8.05. The lowest BCUT2D eigenvalue weighted by atomic mass is 9.88. The van der Waals surface area contributed by atoms with Gasteiger partial charge in [-0.2, -0.15) is 0 Å². The van der Waals surface area contributed by atoms with Crippen LogP contribution in [0.1, 0.15) is 25.4 Å². The Hall–Kier alpha value is -0.760. The van der Waals surface area contributed by atoms with E-state index in [1.165, 1.54) is 0 Å². The Labute approximate surface area is 73.8 Å². The van der Waals surface area contributed by atoms with E-state index in [1.54, 1.807) is 0 Å². The van der Waals surface area contributed by atoms with Crippen molar-refractivity contribution >= 4 is 0 Å². The summed E-state index contributed by atoms with van der Waals surface area (Å²) in [6.07, 6.45) is 0.914. The fourth-order valence-corrected chi connectivity index (χ4v) is 1.12. The monoisotopic (exact) mass is 167 g/mol. The molecule has 2 N–H and O–H groups in total. The standard InChI is InChI=1S/C10H17NO/c1-8-4-5-9(12-8)6-10(2,3)7-11/h4-5H,6-7,11H2,1-3H3. The van der Waals surface area contributed by atoms with E-state index in [0.717, 1.165) is 17.9 Å². The van der Waals surface area contributed by atoms with Crippen LogP contribution in [0.4, 0.5) is 0 Å². The second kappa shape index (κ2) is 3.31. The molecule has 0 aromatic carbocycles. The maximum absolute atomic E-state index is 5.62. The Morgan fingerprint density at radius 2 is 2.08 bits per heavy atom. The van der Waals surface area contributed by atoms with Crippen molar-refractivity contribution in [3.8, 4) is 0 Å². The summed E-state index contributed by atoms with van der Waals surface area (Å²) in [5.41, 5.74) is 5.76. The van der Waals surface area contributed by atoms with E-state index in [4.69, 9.17) is 10.2 Å². The molecule has 0 aliphatic rings. The van der Waals surface area contributed by atoms with Crippen molar-refractivity contribution < 1.29 is 4.42 Å². The second-order valence-electron chi connectivity index (χ2n) is 4.06. The van der Waals surface area contributed by atoms with Crippen LogP contribution in [0.25, 0.3) is 0 Å². The van der Waals surface area contributed by atoms with Gasteiger partial charge in [0.05, 0.1) is 0 Å². The van der Waals surface area contributed by atoms with Crippen molar-refractivity contribution in [3.63, 3.8) is 0 Å². The summed E-state index contributed by atoms with van der Waals surface area (Å²) in [6, 6.07) is 4.01. The summed E-state index contributed by atoms with van der Waals surface area (Å²) in [5.74, 6) is 2.00. The van der Waals surface area contributed by atoms with E-state index >= 15 is 0 Å². The predicted molar refractivity (Wildman–Crippen MR) is 50.0 cm³/mol. The Kier molecular flexibility index (Phi) is 2.58. The van der Waals surface area contributed by atoms with E-state index in [9.17, 15) is 0 Å². The van der Waals surface area contributed by atoms with Gasteiger partial charge in [-0.1, -0.05) is 13.8 Å². The Balaban J connectivity index is 2.63. The van der Waals surface area contributed by atoms with Gasteiger partial charge in [0, 0.05) is 6.42 Å². The van der Waals surface area contributed by atoms with Crippen molar-refractivity contribution in [2.45, 2.75) is 27.2 Å². The molecule has 68 valence electrons. The zero-order valence-electron chi connectivity index (χ0n) is 8.05. The molecule has 0 aliphatic carbocycles. The van der Waals surface area contributed by atoms with Crippen LogP contribution in [0.5, 0.6) is 0 Å². The number of hydrogen-bond acceptors (Lipinski definition) is 2. The number of hydrogen-bond donors (Lipinski definition) is 1. The third-order valence-electron chi connectivity index (χ3n) is 2.00. The molecule has 12 heavy (non-hydrogen) atoms. The third-order valence-corrected chi connectivity index (χ3v) is 2.00. The van der Waals surface area contributed by atoms with Gasteiger partial charge in [-0.05, 0) is 31.0 Å². The SMILES string of the molecule is Cc1ccc(CC(C)(C)CN)o1. The van der Waals surface area contributed by atoms with Crippen molar-refractivity contribution in [2.24, 2.45) is 11.1 Å². The summed E-state index contributed by atoms with van der Waals surface area (Å²) >= 11 is 0. The highest BCUT2D eigenvalue weighted by Crippen LogP contribution is 2.21. The first-order valence-electron chi connectivity index (χ1n) is 4.29. The summed E-state index contributed by atoms with van der Waals surface area (Å²) in [5, 5.41) is 0. The molecule has 0 atom stereocenters. The number of rotatable bonds is 3. The average Bonchev–Trinajstić information content (AvgIpc) is 2.35. The summed E-state index contributed by atoms with van der Waals surface area (Å²) < 4.78 is 5.47. The van der Waals surface area contributed by atoms with Gasteiger partial charge in [-0.25, -0.2) is 0 Å². The van der Waals surface area contributed by atoms with Gasteiger partial charge >= 0.3 is 0 Å². The number of furan rings is 1. The molecule has 1 rings (SSSR count). The molecule has 0 unspecified atom stereocenters. The predicted octanol–water partition coefficient (Wildman–Crippen LogP) is 2.12. The Morgan fingerprint density at radius 1 is 1.42 bits per heavy atom. The van der Waals surface area contributed by atoms with Crippen LogP contribution in [-0.2, 0) is 6.42 Å². The molecule has 0 saturated carbocycles. The van der Waals surface area contributed by atoms with Crippen molar-refractivity contribution in [1.82, 2.24) is 0 Å². The van der Waals surface area contributed by atoms with Gasteiger partial charge in [-0.15, -0.1) is 0 Å². The van der Waals surface area contributed by atoms with Gasteiger partial charge in [0.15, 0.2) is 0 Å². The third kappa shape index (κ3) is 2.38. The molecule has 2 heteroatoms. The van der Waals surface area contributed by atoms with Gasteiger partial charge in [0.2, 0.25) is 0 Å². The van der Waals surface area contributed by atoms with Crippen LogP contribution in [0, 0.1) is 12.3 Å². The molecule has 0 aliphatic heterocycles. The fourth-order valence-electron chi connectivity index (χ4n) is 1.12. The fraction of sp³-hybridized carbons (Fsp3) is 0.600. The van der Waals surface area contributed by atoms with Crippen LogP contribution in [0.2, 0.25) is 0 Å². The van der Waals surface area contributed by atoms with Crippen LogP contribution < -0.4 is 5.73 Å². The summed E-state index contributed by atoms with van der Waals surface area (Å²) in [6.45, 7) is 6.93. The minimum Gasteiger partial charge on any atom is -0.466 e. The molecule has 2 nitrogen and oxygen atoms in total. The van der Waals surface area contributed by atoms with E-state index < -0.39 is 0 Å². The van der Waals surface area contributed by atoms with Crippen molar-refractivity contribution in [2.75, 3.05) is 6.54 Å². The molecule has 1 aromatic rings. The first kappa shape index (κ1) is 9.33. The molecule has 0 bridgehead atoms. The molecule has 0 fully saturated rings. The van der Waals surface area contributed by atoms with Gasteiger partial charge in [0.25, 0.3) is 0 Å². The maximum Gasteiger partial charge on any atom is 0.104 e. The van der Waals surface area contributed by atoms with Gasteiger partial charge in [0.1, 0.15) is 11.5 Å². The molecule has 1 heterocycles. The average molecular weight is 167 g/mol. The smallest absolute Gasteiger partial charge is 0.104 e. The van der Waals surface area contributed by atoms with Crippen LogP contribution >= 0.6 is 0 Å². The lowest BCUT2D eigenvalue weighted by Gasteiger charge is -2.20. The Bertz CT molecular complexity index is 250. The van der Waals surface area contributed by atoms with Gasteiger partial charge in [-0.3, -0.25) is 0 Å². The quantitative estimate of drug-likeness (QED) is 0.749. The highest BCUT2D eigenvalue weighted by atomic mass is 16.3. The van der Waals surface area contributed by atoms with E-state index in [1.807, 2.05) is 19.1 Å². The first-order valence-corrected chi connectivity index (χ1v) is 4.29. The van der Waals surface area contributed by atoms with Crippen molar-refractivity contribution in [3.05, 3.63) is 23.7 Å². The van der Waals surface area contributed by atoms with Crippen LogP contribution in [0.3, 0.4) is 0 Å². The maximum atomic E-state index is 5.62. The molecule has 1 aromatic heterocycles. The number of aryl methyl sites for hydroxylation is 1. The normalized spacial score (nSPS) is 12.0. The Morgan fingerprint density at radius 3 is 2.50 bits per heavy atom. The van der Waals surface area contributed by atoms with Gasteiger partial charge < -0.3 is 10.2 Å². The molecule has 0 radical (unpaired) electrons. The molecular weight excluding hydrogens is 150 g/mol. The molecule has 0 spiro atoms. The van der Waals surface area contributed by atoms with E-state index in [2.05, 4.69) is 13.8 Å². The lowest BCUT2D eigenvalue weighted by Crippen LogP contribution is -2.25. The topological polar surface area (TPSA) is 39.2 Å². The second-order valence-corrected chi connectivity index (χ2v) is 4.06. The molecule has 0 saturated heterocycles. The molecule has 0 amide bonds. The van der Waals surface area contributed by atoms with E-state index in [-0.39, 0.29) is 5.41 Å². The summed E-state index contributed by atoms with van der Waals surface area (Å²) in [7, 11) is 0. The van der Waals surface area contributed by atoms with Crippen LogP contribution in [0.15, 0.2) is 16.5 Å². The molecular formula is C10H17NO. The zero-order chi connectivity index (χ0) is 9.19. The van der Waals surface area contributed by atoms with Crippen molar-refractivity contribution in [1.29, 1.82) is 0 Å². The van der Waals surface area contributed by atoms with E-state index in [0.29, 0.717) is 6.54 Å². The lowest BCUT2D eigenvalue weighted by molar-refractivity contribution is 0.335. The number of nitrogens with two attached hydrogens (primary N) is 1. The highest BCUT2D eigenvalue weighted by molar-refractivity contribution is 5.07. The highest BCUT2D eigenvalue weighted by Gasteiger charge is 2.17. The minimum absolute atomic E-state index is 0.143. The minimum atomic E-state index is 0.143. The largest absolute Gasteiger partial charge is 0.466 e. The summed E-state index contributed by atoms with van der Waals surface area (Å²) in [4.78, 5) is 0. The first-order chi connectivity index (χ1) is 5.53. The van der Waals surface area contributed by atoms with Crippen LogP contribution in [-0.4, -0.2) is 6.54 Å².